The molecular weight excluding hydrogens is 254 g/mol. The van der Waals surface area contributed by atoms with Crippen LogP contribution >= 0.6 is 11.3 Å². The molecule has 0 aliphatic carbocycles. The first kappa shape index (κ1) is 13.8. The molecule has 0 aliphatic rings. The second kappa shape index (κ2) is 6.02. The van der Waals surface area contributed by atoms with Crippen molar-refractivity contribution in [3.05, 3.63) is 51.7 Å². The lowest BCUT2D eigenvalue weighted by Gasteiger charge is -2.05. The van der Waals surface area contributed by atoms with Gasteiger partial charge in [0, 0.05) is 30.2 Å². The van der Waals surface area contributed by atoms with Crippen LogP contribution < -0.4 is 5.32 Å². The van der Waals surface area contributed by atoms with Gasteiger partial charge in [-0.3, -0.25) is 4.79 Å². The number of anilines is 1. The highest BCUT2D eigenvalue weighted by Gasteiger charge is 2.05. The maximum Gasteiger partial charge on any atom is 0.221 e. The summed E-state index contributed by atoms with van der Waals surface area (Å²) in [4.78, 5) is 13.8. The number of hydrogen-bond donors (Lipinski definition) is 1. The summed E-state index contributed by atoms with van der Waals surface area (Å²) < 4.78 is 0. The Bertz CT molecular complexity index is 577. The molecule has 1 N–H and O–H groups in total. The van der Waals surface area contributed by atoms with Crippen LogP contribution in [0.25, 0.3) is 0 Å². The van der Waals surface area contributed by atoms with Crippen LogP contribution in [0, 0.1) is 0 Å². The molecule has 0 spiro atoms. The molecule has 0 bridgehead atoms. The number of benzene rings is 1. The number of amides is 1. The summed E-state index contributed by atoms with van der Waals surface area (Å²) in [5, 5.41) is 2.82. The second-order valence-corrected chi connectivity index (χ2v) is 6.22. The summed E-state index contributed by atoms with van der Waals surface area (Å²) in [5.41, 5.74) is 2.09. The van der Waals surface area contributed by atoms with Crippen LogP contribution in [0.5, 0.6) is 0 Å². The van der Waals surface area contributed by atoms with Crippen molar-refractivity contribution in [2.45, 2.75) is 33.1 Å². The molecular formula is C16H21NOS. The molecule has 0 unspecified atom stereocenters. The van der Waals surface area contributed by atoms with Gasteiger partial charge in [0.05, 0.1) is 0 Å². The summed E-state index contributed by atoms with van der Waals surface area (Å²) in [5.74, 6) is 0.555. The van der Waals surface area contributed by atoms with Crippen molar-refractivity contribution in [2.24, 2.45) is 0 Å². The molecule has 102 valence electrons. The number of thiophene rings is 1. The van der Waals surface area contributed by atoms with Crippen molar-refractivity contribution < 1.29 is 6.22 Å². The summed E-state index contributed by atoms with van der Waals surface area (Å²) in [6, 6.07) is 12.4. The summed E-state index contributed by atoms with van der Waals surface area (Å²) in [7, 11) is 0. The van der Waals surface area contributed by atoms with Gasteiger partial charge in [-0.1, -0.05) is 26.0 Å². The monoisotopic (exact) mass is 275 g/mol. The fraction of sp³-hybridized carbons (Fsp3) is 0.312. The van der Waals surface area contributed by atoms with Crippen molar-refractivity contribution in [1.82, 2.24) is 0 Å². The van der Waals surface area contributed by atoms with E-state index in [4.69, 9.17) is 0 Å². The lowest BCUT2D eigenvalue weighted by molar-refractivity contribution is -0.114. The van der Waals surface area contributed by atoms with Gasteiger partial charge in [-0.25, -0.2) is 0 Å². The zero-order valence-electron chi connectivity index (χ0n) is 11.6. The fourth-order valence-electron chi connectivity index (χ4n) is 1.96. The summed E-state index contributed by atoms with van der Waals surface area (Å²) >= 11 is 1.87. The van der Waals surface area contributed by atoms with E-state index in [9.17, 15) is 4.79 Å². The van der Waals surface area contributed by atoms with E-state index in [1.165, 1.54) is 22.2 Å². The smallest absolute Gasteiger partial charge is 0.221 e. The van der Waals surface area contributed by atoms with E-state index in [2.05, 4.69) is 37.4 Å². The SMILES string of the molecule is CC(=O)Nc1cccc(Cc2ccc(C(C)C)s2)c1.[HH]. The number of hydrogen-bond acceptors (Lipinski definition) is 2. The van der Waals surface area contributed by atoms with Crippen LogP contribution in [0.2, 0.25) is 0 Å². The van der Waals surface area contributed by atoms with Gasteiger partial charge in [0.15, 0.2) is 0 Å². The van der Waals surface area contributed by atoms with E-state index >= 15 is 0 Å². The zero-order chi connectivity index (χ0) is 13.8. The first-order valence-electron chi connectivity index (χ1n) is 6.49. The minimum absolute atomic E-state index is 0. The van der Waals surface area contributed by atoms with Gasteiger partial charge in [-0.05, 0) is 35.7 Å². The van der Waals surface area contributed by atoms with E-state index in [1.807, 2.05) is 29.5 Å². The lowest BCUT2D eigenvalue weighted by Crippen LogP contribution is -2.05. The van der Waals surface area contributed by atoms with E-state index in [-0.39, 0.29) is 7.33 Å². The largest absolute Gasteiger partial charge is 0.326 e. The molecule has 0 saturated carbocycles. The molecule has 3 heteroatoms. The zero-order valence-corrected chi connectivity index (χ0v) is 12.4. The molecule has 0 radical (unpaired) electrons. The number of carbonyl (C=O) groups excluding carboxylic acids is 1. The van der Waals surface area contributed by atoms with Gasteiger partial charge < -0.3 is 5.32 Å². The Kier molecular flexibility index (Phi) is 4.38. The molecule has 0 atom stereocenters. The van der Waals surface area contributed by atoms with Gasteiger partial charge in [0.25, 0.3) is 0 Å². The van der Waals surface area contributed by atoms with Crippen molar-refractivity contribution in [2.75, 3.05) is 5.32 Å². The minimum Gasteiger partial charge on any atom is -0.326 e. The van der Waals surface area contributed by atoms with E-state index in [1.54, 1.807) is 0 Å². The standard InChI is InChI=1S/C16H19NOS.H2/c1-11(2)16-8-7-15(19-16)10-13-5-4-6-14(9-13)17-12(3)18;/h4-9,11H,10H2,1-3H3,(H,17,18);1H. The molecule has 1 aromatic heterocycles. The average Bonchev–Trinajstić information content (AvgIpc) is 2.77. The van der Waals surface area contributed by atoms with Crippen LogP contribution in [-0.4, -0.2) is 5.91 Å². The van der Waals surface area contributed by atoms with Crippen molar-refractivity contribution >= 4 is 22.9 Å². The number of carbonyl (C=O) groups is 1. The fourth-order valence-corrected chi connectivity index (χ4v) is 3.01. The van der Waals surface area contributed by atoms with Gasteiger partial charge in [-0.15, -0.1) is 11.3 Å². The molecule has 0 aliphatic heterocycles. The quantitative estimate of drug-likeness (QED) is 0.863. The van der Waals surface area contributed by atoms with E-state index in [0.29, 0.717) is 5.92 Å². The van der Waals surface area contributed by atoms with Crippen LogP contribution in [0.15, 0.2) is 36.4 Å². The maximum atomic E-state index is 11.1. The van der Waals surface area contributed by atoms with Crippen molar-refractivity contribution in [1.29, 1.82) is 0 Å². The van der Waals surface area contributed by atoms with Gasteiger partial charge in [-0.2, -0.15) is 0 Å². The Labute approximate surface area is 120 Å². The summed E-state index contributed by atoms with van der Waals surface area (Å²) in [6.45, 7) is 5.96. The van der Waals surface area contributed by atoms with Crippen LogP contribution in [0.1, 0.15) is 43.4 Å². The molecule has 1 aromatic carbocycles. The Hall–Kier alpha value is -1.61. The second-order valence-electron chi connectivity index (χ2n) is 5.02. The van der Waals surface area contributed by atoms with E-state index in [0.717, 1.165) is 12.1 Å². The third-order valence-electron chi connectivity index (χ3n) is 2.88. The Morgan fingerprint density at radius 1 is 1.32 bits per heavy atom. The molecule has 0 saturated heterocycles. The molecule has 1 amide bonds. The number of rotatable bonds is 4. The van der Waals surface area contributed by atoms with Gasteiger partial charge >= 0.3 is 0 Å². The Morgan fingerprint density at radius 2 is 2.11 bits per heavy atom. The maximum absolute atomic E-state index is 11.1. The molecule has 19 heavy (non-hydrogen) atoms. The highest BCUT2D eigenvalue weighted by atomic mass is 32.1. The first-order valence-corrected chi connectivity index (χ1v) is 7.31. The predicted molar refractivity (Wildman–Crippen MR) is 84.1 cm³/mol. The van der Waals surface area contributed by atoms with Crippen molar-refractivity contribution in [3.63, 3.8) is 0 Å². The van der Waals surface area contributed by atoms with Gasteiger partial charge in [0.2, 0.25) is 5.91 Å². The lowest BCUT2D eigenvalue weighted by atomic mass is 10.1. The Balaban J connectivity index is 0.00000200. The van der Waals surface area contributed by atoms with Crippen molar-refractivity contribution in [3.8, 4) is 0 Å². The average molecular weight is 275 g/mol. The summed E-state index contributed by atoms with van der Waals surface area (Å²) in [6.07, 6.45) is 0.921. The molecule has 1 heterocycles. The Morgan fingerprint density at radius 3 is 2.74 bits per heavy atom. The first-order chi connectivity index (χ1) is 9.04. The highest BCUT2D eigenvalue weighted by Crippen LogP contribution is 2.26. The topological polar surface area (TPSA) is 29.1 Å². The van der Waals surface area contributed by atoms with Crippen LogP contribution in [-0.2, 0) is 11.2 Å². The normalized spacial score (nSPS) is 10.7. The molecule has 0 fully saturated rings. The number of nitrogens with one attached hydrogen (secondary N) is 1. The highest BCUT2D eigenvalue weighted by molar-refractivity contribution is 7.12. The molecule has 2 nitrogen and oxygen atoms in total. The minimum atomic E-state index is -0.0321. The molecule has 2 aromatic rings. The van der Waals surface area contributed by atoms with Crippen LogP contribution in [0.4, 0.5) is 5.69 Å². The van der Waals surface area contributed by atoms with E-state index < -0.39 is 0 Å². The predicted octanol–water partition coefficient (Wildman–Crippen LogP) is 4.67. The van der Waals surface area contributed by atoms with Gasteiger partial charge in [0.1, 0.15) is 0 Å². The third-order valence-corrected chi connectivity index (χ3v) is 4.26. The molecule has 2 rings (SSSR count). The van der Waals surface area contributed by atoms with Crippen LogP contribution in [0.3, 0.4) is 0 Å². The third kappa shape index (κ3) is 3.93.